The Morgan fingerprint density at radius 3 is 2.30 bits per heavy atom. The standard InChI is InChI=1S/C27H21NO4S/c1-15-4-13-22-21(14-15)25(30)23-24(18-7-11-20(33-3)12-8-18)28(27(31)26(23)32-22)19-9-5-17(6-10-19)16(2)29/h4-14,24H,1-3H3. The van der Waals surface area contributed by atoms with Gasteiger partial charge in [-0.2, -0.15) is 0 Å². The van der Waals surface area contributed by atoms with Crippen LogP contribution in [0.3, 0.4) is 0 Å². The third-order valence-electron chi connectivity index (χ3n) is 6.01. The largest absolute Gasteiger partial charge is 0.450 e. The highest BCUT2D eigenvalue weighted by Gasteiger charge is 2.43. The molecule has 2 heterocycles. The molecule has 0 aliphatic carbocycles. The monoisotopic (exact) mass is 455 g/mol. The Balaban J connectivity index is 1.76. The summed E-state index contributed by atoms with van der Waals surface area (Å²) >= 11 is 1.62. The van der Waals surface area contributed by atoms with Crippen molar-refractivity contribution in [3.63, 3.8) is 0 Å². The van der Waals surface area contributed by atoms with Crippen LogP contribution < -0.4 is 10.3 Å². The van der Waals surface area contributed by atoms with Gasteiger partial charge in [-0.05, 0) is 74.2 Å². The van der Waals surface area contributed by atoms with E-state index in [4.69, 9.17) is 4.42 Å². The molecule has 3 aromatic carbocycles. The van der Waals surface area contributed by atoms with Crippen LogP contribution >= 0.6 is 11.8 Å². The minimum absolute atomic E-state index is 0.0553. The van der Waals surface area contributed by atoms with E-state index in [2.05, 4.69) is 0 Å². The van der Waals surface area contributed by atoms with E-state index in [1.165, 1.54) is 6.92 Å². The third kappa shape index (κ3) is 3.47. The molecule has 6 heteroatoms. The van der Waals surface area contributed by atoms with E-state index in [9.17, 15) is 14.4 Å². The molecular formula is C27H21NO4S. The molecule has 164 valence electrons. The summed E-state index contributed by atoms with van der Waals surface area (Å²) < 4.78 is 6.01. The molecule has 1 aliphatic rings. The van der Waals surface area contributed by atoms with Gasteiger partial charge in [-0.1, -0.05) is 23.8 Å². The van der Waals surface area contributed by atoms with Crippen molar-refractivity contribution in [2.24, 2.45) is 0 Å². The number of amides is 1. The van der Waals surface area contributed by atoms with Gasteiger partial charge in [0.1, 0.15) is 5.58 Å². The molecule has 5 rings (SSSR count). The Morgan fingerprint density at radius 1 is 0.970 bits per heavy atom. The SMILES string of the molecule is CSc1ccc(C2c3c(oc4ccc(C)cc4c3=O)C(=O)N2c2ccc(C(C)=O)cc2)cc1. The summed E-state index contributed by atoms with van der Waals surface area (Å²) in [6, 6.07) is 19.4. The average molecular weight is 456 g/mol. The molecule has 0 spiro atoms. The molecule has 1 aliphatic heterocycles. The topological polar surface area (TPSA) is 67.6 Å². The van der Waals surface area contributed by atoms with Crippen molar-refractivity contribution in [2.45, 2.75) is 24.8 Å². The van der Waals surface area contributed by atoms with Gasteiger partial charge in [-0.25, -0.2) is 0 Å². The lowest BCUT2D eigenvalue weighted by molar-refractivity contribution is 0.0970. The Bertz CT molecular complexity index is 1470. The number of carbonyl (C=O) groups excluding carboxylic acids is 2. The minimum Gasteiger partial charge on any atom is -0.450 e. The summed E-state index contributed by atoms with van der Waals surface area (Å²) in [6.45, 7) is 3.41. The number of hydrogen-bond acceptors (Lipinski definition) is 5. The third-order valence-corrected chi connectivity index (χ3v) is 6.75. The number of anilines is 1. The van der Waals surface area contributed by atoms with Gasteiger partial charge in [-0.3, -0.25) is 19.3 Å². The normalized spacial score (nSPS) is 15.2. The average Bonchev–Trinajstić information content (AvgIpc) is 3.12. The fourth-order valence-corrected chi connectivity index (χ4v) is 4.72. The molecule has 1 aromatic heterocycles. The van der Waals surface area contributed by atoms with E-state index < -0.39 is 6.04 Å². The molecule has 0 saturated heterocycles. The van der Waals surface area contributed by atoms with Crippen molar-refractivity contribution in [3.8, 4) is 0 Å². The molecule has 0 bridgehead atoms. The lowest BCUT2D eigenvalue weighted by Crippen LogP contribution is -2.29. The van der Waals surface area contributed by atoms with Gasteiger partial charge in [0, 0.05) is 16.1 Å². The smallest absolute Gasteiger partial charge is 0.295 e. The second-order valence-corrected chi connectivity index (χ2v) is 9.01. The molecule has 0 N–H and O–H groups in total. The quantitative estimate of drug-likeness (QED) is 0.288. The Kier molecular flexibility index (Phi) is 5.17. The first-order chi connectivity index (χ1) is 15.9. The number of nitrogens with zero attached hydrogens (tertiary/aromatic N) is 1. The molecule has 1 atom stereocenters. The zero-order valence-corrected chi connectivity index (χ0v) is 19.2. The Morgan fingerprint density at radius 2 is 1.67 bits per heavy atom. The van der Waals surface area contributed by atoms with Gasteiger partial charge in [0.25, 0.3) is 5.91 Å². The lowest BCUT2D eigenvalue weighted by Gasteiger charge is -2.25. The minimum atomic E-state index is -0.632. The number of rotatable bonds is 4. The number of aryl methyl sites for hydroxylation is 1. The van der Waals surface area contributed by atoms with E-state index in [1.54, 1.807) is 53.1 Å². The van der Waals surface area contributed by atoms with Crippen molar-refractivity contribution in [1.29, 1.82) is 0 Å². The zero-order chi connectivity index (χ0) is 23.3. The molecule has 0 radical (unpaired) electrons. The molecule has 1 amide bonds. The number of thioether (sulfide) groups is 1. The molecule has 4 aromatic rings. The van der Waals surface area contributed by atoms with Crippen LogP contribution in [0.5, 0.6) is 0 Å². The highest BCUT2D eigenvalue weighted by atomic mass is 32.2. The van der Waals surface area contributed by atoms with Crippen molar-refractivity contribution in [1.82, 2.24) is 0 Å². The first-order valence-corrected chi connectivity index (χ1v) is 11.8. The Hall–Kier alpha value is -3.64. The van der Waals surface area contributed by atoms with E-state index in [0.29, 0.717) is 27.8 Å². The number of carbonyl (C=O) groups is 2. The van der Waals surface area contributed by atoms with Crippen LogP contribution in [-0.2, 0) is 0 Å². The van der Waals surface area contributed by atoms with Gasteiger partial charge < -0.3 is 4.42 Å². The number of Topliss-reactive ketones (excluding diaryl/α,β-unsaturated/α-hetero) is 1. The van der Waals surface area contributed by atoms with Crippen molar-refractivity contribution >= 4 is 40.1 Å². The summed E-state index contributed by atoms with van der Waals surface area (Å²) in [5.74, 6) is -0.370. The maximum absolute atomic E-state index is 13.7. The zero-order valence-electron chi connectivity index (χ0n) is 18.4. The number of benzene rings is 3. The van der Waals surface area contributed by atoms with Crippen LogP contribution in [0, 0.1) is 6.92 Å². The van der Waals surface area contributed by atoms with Gasteiger partial charge in [0.2, 0.25) is 5.76 Å². The fraction of sp³-hybridized carbons (Fsp3) is 0.148. The van der Waals surface area contributed by atoms with Crippen LogP contribution in [0.4, 0.5) is 5.69 Å². The van der Waals surface area contributed by atoms with Gasteiger partial charge in [-0.15, -0.1) is 11.8 Å². The second-order valence-electron chi connectivity index (χ2n) is 8.13. The number of hydrogen-bond donors (Lipinski definition) is 0. The Labute approximate surface area is 195 Å². The molecular weight excluding hydrogens is 434 g/mol. The van der Waals surface area contributed by atoms with Gasteiger partial charge in [0.05, 0.1) is 17.0 Å². The van der Waals surface area contributed by atoms with Crippen LogP contribution in [0.2, 0.25) is 0 Å². The summed E-state index contributed by atoms with van der Waals surface area (Å²) in [6.07, 6.45) is 2.00. The predicted molar refractivity (Wildman–Crippen MR) is 131 cm³/mol. The van der Waals surface area contributed by atoms with Gasteiger partial charge >= 0.3 is 0 Å². The van der Waals surface area contributed by atoms with E-state index >= 15 is 0 Å². The second kappa shape index (κ2) is 8.05. The van der Waals surface area contributed by atoms with Crippen molar-refractivity contribution < 1.29 is 14.0 Å². The number of fused-ring (bicyclic) bond motifs is 2. The summed E-state index contributed by atoms with van der Waals surface area (Å²) in [5.41, 5.74) is 3.43. The summed E-state index contributed by atoms with van der Waals surface area (Å²) in [5, 5.41) is 0.459. The van der Waals surface area contributed by atoms with Crippen LogP contribution in [0.25, 0.3) is 11.0 Å². The highest BCUT2D eigenvalue weighted by Crippen LogP contribution is 2.41. The summed E-state index contributed by atoms with van der Waals surface area (Å²) in [4.78, 5) is 41.7. The highest BCUT2D eigenvalue weighted by molar-refractivity contribution is 7.98. The number of ketones is 1. The van der Waals surface area contributed by atoms with Crippen molar-refractivity contribution in [2.75, 3.05) is 11.2 Å². The van der Waals surface area contributed by atoms with E-state index in [-0.39, 0.29) is 22.9 Å². The predicted octanol–water partition coefficient (Wildman–Crippen LogP) is 5.78. The van der Waals surface area contributed by atoms with Crippen molar-refractivity contribution in [3.05, 3.63) is 105 Å². The van der Waals surface area contributed by atoms with E-state index in [0.717, 1.165) is 16.0 Å². The molecule has 1 unspecified atom stereocenters. The van der Waals surface area contributed by atoms with Crippen LogP contribution in [-0.4, -0.2) is 17.9 Å². The lowest BCUT2D eigenvalue weighted by atomic mass is 9.98. The molecule has 33 heavy (non-hydrogen) atoms. The maximum atomic E-state index is 13.7. The van der Waals surface area contributed by atoms with Crippen LogP contribution in [0.15, 0.2) is 80.8 Å². The van der Waals surface area contributed by atoms with Crippen LogP contribution in [0.1, 0.15) is 50.6 Å². The fourth-order valence-electron chi connectivity index (χ4n) is 4.31. The molecule has 0 fully saturated rings. The van der Waals surface area contributed by atoms with Gasteiger partial charge in [0.15, 0.2) is 11.2 Å². The summed E-state index contributed by atoms with van der Waals surface area (Å²) in [7, 11) is 0. The maximum Gasteiger partial charge on any atom is 0.295 e. The first kappa shape index (κ1) is 21.2. The van der Waals surface area contributed by atoms with E-state index in [1.807, 2.05) is 43.5 Å². The first-order valence-electron chi connectivity index (χ1n) is 10.5. The molecule has 5 nitrogen and oxygen atoms in total. The molecule has 0 saturated carbocycles.